The summed E-state index contributed by atoms with van der Waals surface area (Å²) in [7, 11) is 0. The molecule has 0 amide bonds. The lowest BCUT2D eigenvalue weighted by molar-refractivity contribution is 0.0969. The van der Waals surface area contributed by atoms with Crippen molar-refractivity contribution < 1.29 is 9.84 Å². The quantitative estimate of drug-likeness (QED) is 0.625. The minimum absolute atomic E-state index is 0.330. The summed E-state index contributed by atoms with van der Waals surface area (Å²) in [5.41, 5.74) is 0. The maximum absolute atomic E-state index is 8.82. The standard InChI is InChI=1S/C12H25NO2/c1-2-10-15-11-8-13-7-3-5-12(13)6-4-9-14/h12,14H,2-11H2,1H3. The molecule has 3 nitrogen and oxygen atoms in total. The average molecular weight is 215 g/mol. The molecule has 1 saturated heterocycles. The summed E-state index contributed by atoms with van der Waals surface area (Å²) < 4.78 is 5.51. The summed E-state index contributed by atoms with van der Waals surface area (Å²) in [5, 5.41) is 8.82. The summed E-state index contributed by atoms with van der Waals surface area (Å²) in [6.45, 7) is 6.50. The van der Waals surface area contributed by atoms with Crippen molar-refractivity contribution in [3.8, 4) is 0 Å². The Balaban J connectivity index is 2.09. The smallest absolute Gasteiger partial charge is 0.0593 e. The van der Waals surface area contributed by atoms with Gasteiger partial charge < -0.3 is 9.84 Å². The Morgan fingerprint density at radius 3 is 3.00 bits per heavy atom. The second-order valence-corrected chi connectivity index (χ2v) is 4.31. The fraction of sp³-hybridized carbons (Fsp3) is 1.00. The van der Waals surface area contributed by atoms with Crippen LogP contribution in [0.4, 0.5) is 0 Å². The zero-order chi connectivity index (χ0) is 10.9. The van der Waals surface area contributed by atoms with Gasteiger partial charge in [-0.2, -0.15) is 0 Å². The topological polar surface area (TPSA) is 32.7 Å². The zero-order valence-corrected chi connectivity index (χ0v) is 9.95. The van der Waals surface area contributed by atoms with E-state index in [2.05, 4.69) is 11.8 Å². The molecule has 1 N–H and O–H groups in total. The highest BCUT2D eigenvalue weighted by atomic mass is 16.5. The van der Waals surface area contributed by atoms with Crippen LogP contribution >= 0.6 is 0 Å². The van der Waals surface area contributed by atoms with Crippen LogP contribution in [0, 0.1) is 0 Å². The third kappa shape index (κ3) is 4.96. The van der Waals surface area contributed by atoms with Gasteiger partial charge in [-0.15, -0.1) is 0 Å². The molecule has 0 aromatic heterocycles. The molecule has 0 bridgehead atoms. The Bertz CT molecular complexity index is 153. The van der Waals surface area contributed by atoms with Gasteiger partial charge >= 0.3 is 0 Å². The molecule has 1 heterocycles. The van der Waals surface area contributed by atoms with Crippen molar-refractivity contribution in [1.29, 1.82) is 0 Å². The van der Waals surface area contributed by atoms with E-state index in [0.29, 0.717) is 12.6 Å². The lowest BCUT2D eigenvalue weighted by atomic mass is 10.1. The molecular formula is C12H25NO2. The third-order valence-corrected chi connectivity index (χ3v) is 3.07. The second-order valence-electron chi connectivity index (χ2n) is 4.31. The molecule has 0 aromatic rings. The van der Waals surface area contributed by atoms with E-state index in [-0.39, 0.29) is 0 Å². The second kappa shape index (κ2) is 8.08. The molecule has 0 saturated carbocycles. The first-order chi connectivity index (χ1) is 7.38. The largest absolute Gasteiger partial charge is 0.396 e. The average Bonchev–Trinajstić information content (AvgIpc) is 2.69. The molecule has 1 aliphatic rings. The Hall–Kier alpha value is -0.120. The number of nitrogens with zero attached hydrogens (tertiary/aromatic N) is 1. The van der Waals surface area contributed by atoms with Gasteiger partial charge in [-0.25, -0.2) is 0 Å². The number of hydrogen-bond acceptors (Lipinski definition) is 3. The predicted octanol–water partition coefficient (Wildman–Crippen LogP) is 1.65. The van der Waals surface area contributed by atoms with E-state index in [4.69, 9.17) is 9.84 Å². The molecule has 1 rings (SSSR count). The van der Waals surface area contributed by atoms with Crippen LogP contribution in [-0.4, -0.2) is 49.0 Å². The number of aliphatic hydroxyl groups excluding tert-OH is 1. The van der Waals surface area contributed by atoms with Gasteiger partial charge in [-0.3, -0.25) is 4.90 Å². The predicted molar refractivity (Wildman–Crippen MR) is 62.0 cm³/mol. The van der Waals surface area contributed by atoms with Gasteiger partial charge in [0.2, 0.25) is 0 Å². The van der Waals surface area contributed by atoms with Crippen LogP contribution in [0.5, 0.6) is 0 Å². The van der Waals surface area contributed by atoms with E-state index in [1.54, 1.807) is 0 Å². The molecule has 1 unspecified atom stereocenters. The van der Waals surface area contributed by atoms with Crippen molar-refractivity contribution in [1.82, 2.24) is 4.90 Å². The maximum Gasteiger partial charge on any atom is 0.0593 e. The van der Waals surface area contributed by atoms with Crippen LogP contribution < -0.4 is 0 Å². The monoisotopic (exact) mass is 215 g/mol. The minimum atomic E-state index is 0.330. The van der Waals surface area contributed by atoms with Gasteiger partial charge in [-0.05, 0) is 38.6 Å². The molecule has 15 heavy (non-hydrogen) atoms. The maximum atomic E-state index is 8.82. The summed E-state index contributed by atoms with van der Waals surface area (Å²) in [4.78, 5) is 2.52. The van der Waals surface area contributed by atoms with E-state index in [1.165, 1.54) is 19.4 Å². The van der Waals surface area contributed by atoms with Crippen LogP contribution in [0.2, 0.25) is 0 Å². The van der Waals surface area contributed by atoms with Gasteiger partial charge in [0.05, 0.1) is 6.61 Å². The Labute approximate surface area is 93.4 Å². The highest BCUT2D eigenvalue weighted by molar-refractivity contribution is 4.78. The fourth-order valence-electron chi connectivity index (χ4n) is 2.27. The molecule has 0 radical (unpaired) electrons. The van der Waals surface area contributed by atoms with E-state index in [0.717, 1.165) is 39.0 Å². The third-order valence-electron chi connectivity index (χ3n) is 3.07. The van der Waals surface area contributed by atoms with Crippen molar-refractivity contribution in [3.63, 3.8) is 0 Å². The molecule has 0 aromatic carbocycles. The van der Waals surface area contributed by atoms with E-state index >= 15 is 0 Å². The van der Waals surface area contributed by atoms with Crippen LogP contribution in [-0.2, 0) is 4.74 Å². The molecule has 0 aliphatic carbocycles. The number of ether oxygens (including phenoxy) is 1. The highest BCUT2D eigenvalue weighted by Crippen LogP contribution is 2.20. The number of likely N-dealkylation sites (tertiary alicyclic amines) is 1. The number of hydrogen-bond donors (Lipinski definition) is 1. The summed E-state index contributed by atoms with van der Waals surface area (Å²) in [5.74, 6) is 0. The number of rotatable bonds is 8. The summed E-state index contributed by atoms with van der Waals surface area (Å²) in [6.07, 6.45) is 5.80. The van der Waals surface area contributed by atoms with Crippen molar-refractivity contribution in [2.45, 2.75) is 45.1 Å². The van der Waals surface area contributed by atoms with Gasteiger partial charge in [0.25, 0.3) is 0 Å². The molecule has 0 spiro atoms. The molecule has 3 heteroatoms. The number of aliphatic hydroxyl groups is 1. The first-order valence-electron chi connectivity index (χ1n) is 6.31. The Morgan fingerprint density at radius 1 is 1.40 bits per heavy atom. The van der Waals surface area contributed by atoms with E-state index in [9.17, 15) is 0 Å². The highest BCUT2D eigenvalue weighted by Gasteiger charge is 2.23. The fourth-order valence-corrected chi connectivity index (χ4v) is 2.27. The summed E-state index contributed by atoms with van der Waals surface area (Å²) >= 11 is 0. The van der Waals surface area contributed by atoms with Crippen molar-refractivity contribution in [3.05, 3.63) is 0 Å². The van der Waals surface area contributed by atoms with Gasteiger partial charge in [-0.1, -0.05) is 6.92 Å². The van der Waals surface area contributed by atoms with Crippen molar-refractivity contribution in [2.75, 3.05) is 32.9 Å². The molecule has 1 fully saturated rings. The Kier molecular flexibility index (Phi) is 6.98. The molecule has 1 atom stereocenters. The van der Waals surface area contributed by atoms with Crippen LogP contribution in [0.25, 0.3) is 0 Å². The molecular weight excluding hydrogens is 190 g/mol. The van der Waals surface area contributed by atoms with Crippen molar-refractivity contribution in [2.24, 2.45) is 0 Å². The molecule has 1 aliphatic heterocycles. The van der Waals surface area contributed by atoms with Crippen molar-refractivity contribution >= 4 is 0 Å². The van der Waals surface area contributed by atoms with E-state index < -0.39 is 0 Å². The normalized spacial score (nSPS) is 22.4. The Morgan fingerprint density at radius 2 is 2.27 bits per heavy atom. The lowest BCUT2D eigenvalue weighted by Gasteiger charge is -2.24. The van der Waals surface area contributed by atoms with Gasteiger partial charge in [0.1, 0.15) is 0 Å². The van der Waals surface area contributed by atoms with Gasteiger partial charge in [0, 0.05) is 25.8 Å². The van der Waals surface area contributed by atoms with Crippen LogP contribution in [0.1, 0.15) is 39.0 Å². The summed E-state index contributed by atoms with van der Waals surface area (Å²) in [6, 6.07) is 0.697. The minimum Gasteiger partial charge on any atom is -0.396 e. The SMILES string of the molecule is CCCOCCN1CCCC1CCCO. The molecule has 90 valence electrons. The first-order valence-corrected chi connectivity index (χ1v) is 6.31. The van der Waals surface area contributed by atoms with Crippen LogP contribution in [0.3, 0.4) is 0 Å². The van der Waals surface area contributed by atoms with E-state index in [1.807, 2.05) is 0 Å². The lowest BCUT2D eigenvalue weighted by Crippen LogP contribution is -2.32. The van der Waals surface area contributed by atoms with Gasteiger partial charge in [0.15, 0.2) is 0 Å². The van der Waals surface area contributed by atoms with Crippen LogP contribution in [0.15, 0.2) is 0 Å². The first kappa shape index (κ1) is 12.9. The zero-order valence-electron chi connectivity index (χ0n) is 9.95.